The summed E-state index contributed by atoms with van der Waals surface area (Å²) >= 11 is 1.12. The number of Topliss-reactive ketones (excluding diaryl/α,β-unsaturated/α-hetero) is 1. The van der Waals surface area contributed by atoms with E-state index in [0.717, 1.165) is 29.3 Å². The van der Waals surface area contributed by atoms with E-state index in [9.17, 15) is 14.4 Å². The highest BCUT2D eigenvalue weighted by molar-refractivity contribution is 8.16. The number of aryl methyl sites for hydroxylation is 1. The predicted molar refractivity (Wildman–Crippen MR) is 114 cm³/mol. The van der Waals surface area contributed by atoms with Crippen molar-refractivity contribution >= 4 is 28.6 Å². The van der Waals surface area contributed by atoms with Crippen molar-refractivity contribution < 1.29 is 23.9 Å². The van der Waals surface area contributed by atoms with Gasteiger partial charge in [0, 0.05) is 13.1 Å². The lowest BCUT2D eigenvalue weighted by molar-refractivity contribution is -0.148. The zero-order valence-electron chi connectivity index (χ0n) is 17.3. The summed E-state index contributed by atoms with van der Waals surface area (Å²) in [5, 5.41) is -0.0699. The second kappa shape index (κ2) is 9.43. The van der Waals surface area contributed by atoms with Crippen molar-refractivity contribution in [3.8, 4) is 5.75 Å². The topological polar surface area (TPSA) is 82.6 Å². The molecule has 1 aromatic heterocycles. The Labute approximate surface area is 180 Å². The lowest BCUT2D eigenvalue weighted by Crippen LogP contribution is -2.29. The minimum Gasteiger partial charge on any atom is -0.489 e. The van der Waals surface area contributed by atoms with E-state index in [2.05, 4.69) is 4.98 Å². The Morgan fingerprint density at radius 1 is 1.17 bits per heavy atom. The third kappa shape index (κ3) is 5.48. The monoisotopic (exact) mass is 427 g/mol. The number of benzene rings is 1. The van der Waals surface area contributed by atoms with Crippen LogP contribution < -0.4 is 4.74 Å². The quantitative estimate of drug-likeness (QED) is 0.467. The molecule has 0 N–H and O–H groups in total. The highest BCUT2D eigenvalue weighted by atomic mass is 32.2. The van der Waals surface area contributed by atoms with E-state index in [-0.39, 0.29) is 23.9 Å². The summed E-state index contributed by atoms with van der Waals surface area (Å²) < 4.78 is 10.5. The standard InChI is InChI=1S/C23H25NO5S/c1-4-16-7-10-19(24-13-16)20(29-15(2)25)14-28-18-8-5-17(6-9-18)12-23(3)21(26)11-22(27)30-23/h5-10,13,20H,4,11-12,14H2,1-3H3/t20-,23?/m1/s1. The fraction of sp³-hybridized carbons (Fsp3) is 0.391. The highest BCUT2D eigenvalue weighted by Gasteiger charge is 2.43. The maximum absolute atomic E-state index is 12.1. The van der Waals surface area contributed by atoms with Gasteiger partial charge in [-0.2, -0.15) is 0 Å². The molecule has 1 unspecified atom stereocenters. The summed E-state index contributed by atoms with van der Waals surface area (Å²) in [5.41, 5.74) is 2.69. The second-order valence-corrected chi connectivity index (χ2v) is 9.04. The van der Waals surface area contributed by atoms with Crippen LogP contribution in [0.4, 0.5) is 0 Å². The molecule has 0 aliphatic carbocycles. The van der Waals surface area contributed by atoms with Crippen LogP contribution in [0.5, 0.6) is 5.75 Å². The molecular formula is C23H25NO5S. The van der Waals surface area contributed by atoms with Gasteiger partial charge in [0.05, 0.1) is 16.9 Å². The van der Waals surface area contributed by atoms with Crippen LogP contribution in [0.2, 0.25) is 0 Å². The lowest BCUT2D eigenvalue weighted by atomic mass is 9.95. The number of ether oxygens (including phenoxy) is 2. The minimum atomic E-state index is -0.698. The van der Waals surface area contributed by atoms with Gasteiger partial charge in [-0.1, -0.05) is 36.9 Å². The molecule has 30 heavy (non-hydrogen) atoms. The van der Waals surface area contributed by atoms with Crippen molar-refractivity contribution in [1.82, 2.24) is 4.98 Å². The van der Waals surface area contributed by atoms with Crippen molar-refractivity contribution in [3.63, 3.8) is 0 Å². The number of thioether (sulfide) groups is 1. The fourth-order valence-electron chi connectivity index (χ4n) is 3.28. The third-order valence-electron chi connectivity index (χ3n) is 4.99. The summed E-state index contributed by atoms with van der Waals surface area (Å²) in [6, 6.07) is 11.2. The number of nitrogens with zero attached hydrogens (tertiary/aromatic N) is 1. The normalized spacial score (nSPS) is 19.6. The van der Waals surface area contributed by atoms with Crippen molar-refractivity contribution in [3.05, 3.63) is 59.4 Å². The Morgan fingerprint density at radius 2 is 1.87 bits per heavy atom. The SMILES string of the molecule is CCc1ccc([C@@H](COc2ccc(CC3(C)SC(=O)CC3=O)cc2)OC(C)=O)nc1. The predicted octanol–water partition coefficient (Wildman–Crippen LogP) is 3.86. The number of ketones is 1. The van der Waals surface area contributed by atoms with Crippen molar-refractivity contribution in [2.75, 3.05) is 6.61 Å². The van der Waals surface area contributed by atoms with Crippen LogP contribution in [0, 0.1) is 0 Å². The van der Waals surface area contributed by atoms with Gasteiger partial charge in [-0.15, -0.1) is 0 Å². The van der Waals surface area contributed by atoms with Gasteiger partial charge in [0.25, 0.3) is 0 Å². The van der Waals surface area contributed by atoms with Crippen LogP contribution in [0.1, 0.15) is 50.1 Å². The van der Waals surface area contributed by atoms with Gasteiger partial charge in [-0.3, -0.25) is 19.4 Å². The van der Waals surface area contributed by atoms with Crippen LogP contribution in [-0.4, -0.2) is 33.2 Å². The molecule has 0 bridgehead atoms. The average Bonchev–Trinajstić information content (AvgIpc) is 2.97. The smallest absolute Gasteiger partial charge is 0.303 e. The van der Waals surface area contributed by atoms with Crippen molar-refractivity contribution in [2.24, 2.45) is 0 Å². The molecule has 1 aromatic carbocycles. The van der Waals surface area contributed by atoms with Gasteiger partial charge in [-0.25, -0.2) is 0 Å². The number of carbonyl (C=O) groups is 3. The molecule has 1 aliphatic rings. The molecule has 0 spiro atoms. The first-order valence-corrected chi connectivity index (χ1v) is 10.7. The first-order chi connectivity index (χ1) is 14.3. The molecule has 2 aromatic rings. The van der Waals surface area contributed by atoms with Crippen LogP contribution in [-0.2, 0) is 32.0 Å². The number of hydrogen-bond donors (Lipinski definition) is 0. The molecule has 0 radical (unpaired) electrons. The second-order valence-electron chi connectivity index (χ2n) is 7.48. The molecule has 6 nitrogen and oxygen atoms in total. The summed E-state index contributed by atoms with van der Waals surface area (Å²) in [6.45, 7) is 5.36. The Bertz CT molecular complexity index is 926. The number of rotatable bonds is 8. The molecule has 1 aliphatic heterocycles. The Morgan fingerprint density at radius 3 is 2.40 bits per heavy atom. The summed E-state index contributed by atoms with van der Waals surface area (Å²) in [4.78, 5) is 39.6. The number of esters is 1. The van der Waals surface area contributed by atoms with E-state index in [4.69, 9.17) is 9.47 Å². The van der Waals surface area contributed by atoms with Gasteiger partial charge in [0.1, 0.15) is 12.4 Å². The Hall–Kier alpha value is -2.67. The molecule has 1 fully saturated rings. The first-order valence-electron chi connectivity index (χ1n) is 9.88. The Kier molecular flexibility index (Phi) is 6.92. The first kappa shape index (κ1) is 22.0. The van der Waals surface area contributed by atoms with Gasteiger partial charge in [0.2, 0.25) is 0 Å². The van der Waals surface area contributed by atoms with Gasteiger partial charge >= 0.3 is 5.97 Å². The molecule has 1 saturated heterocycles. The van der Waals surface area contributed by atoms with E-state index < -0.39 is 16.8 Å². The maximum atomic E-state index is 12.1. The van der Waals surface area contributed by atoms with Crippen LogP contribution in [0.25, 0.3) is 0 Å². The molecule has 0 amide bonds. The van der Waals surface area contributed by atoms with Crippen LogP contribution in [0.3, 0.4) is 0 Å². The molecule has 7 heteroatoms. The number of pyridine rings is 1. The Balaban J connectivity index is 1.63. The molecule has 158 valence electrons. The lowest BCUT2D eigenvalue weighted by Gasteiger charge is -2.20. The van der Waals surface area contributed by atoms with Gasteiger partial charge in [-0.05, 0) is 49.1 Å². The van der Waals surface area contributed by atoms with E-state index in [1.54, 1.807) is 6.20 Å². The zero-order valence-corrected chi connectivity index (χ0v) is 18.2. The van der Waals surface area contributed by atoms with Gasteiger partial charge < -0.3 is 9.47 Å². The van der Waals surface area contributed by atoms with E-state index in [0.29, 0.717) is 17.9 Å². The largest absolute Gasteiger partial charge is 0.489 e. The molecular weight excluding hydrogens is 402 g/mol. The molecule has 3 rings (SSSR count). The molecule has 2 heterocycles. The van der Waals surface area contributed by atoms with E-state index in [1.807, 2.05) is 50.2 Å². The fourth-order valence-corrected chi connectivity index (χ4v) is 4.41. The summed E-state index contributed by atoms with van der Waals surface area (Å²) in [7, 11) is 0. The zero-order chi connectivity index (χ0) is 21.7. The maximum Gasteiger partial charge on any atom is 0.303 e. The number of hydrogen-bond acceptors (Lipinski definition) is 7. The van der Waals surface area contributed by atoms with Crippen LogP contribution in [0.15, 0.2) is 42.6 Å². The summed E-state index contributed by atoms with van der Waals surface area (Å²) in [6.07, 6.45) is 2.55. The van der Waals surface area contributed by atoms with Gasteiger partial charge in [0.15, 0.2) is 17.0 Å². The van der Waals surface area contributed by atoms with Crippen LogP contribution >= 0.6 is 11.8 Å². The number of aromatic nitrogens is 1. The molecule has 2 atom stereocenters. The minimum absolute atomic E-state index is 0.00711. The van der Waals surface area contributed by atoms with Crippen molar-refractivity contribution in [1.29, 1.82) is 0 Å². The van der Waals surface area contributed by atoms with Crippen molar-refractivity contribution in [2.45, 2.75) is 50.9 Å². The van der Waals surface area contributed by atoms with E-state index in [1.165, 1.54) is 6.92 Å². The molecule has 0 saturated carbocycles. The van der Waals surface area contributed by atoms with E-state index >= 15 is 0 Å². The summed E-state index contributed by atoms with van der Waals surface area (Å²) in [5.74, 6) is 0.193. The highest BCUT2D eigenvalue weighted by Crippen LogP contribution is 2.39. The third-order valence-corrected chi connectivity index (χ3v) is 6.19. The number of carbonyl (C=O) groups excluding carboxylic acids is 3. The average molecular weight is 428 g/mol.